The van der Waals surface area contributed by atoms with Crippen LogP contribution in [0.5, 0.6) is 0 Å². The van der Waals surface area contributed by atoms with E-state index in [1.54, 1.807) is 31.0 Å². The van der Waals surface area contributed by atoms with Gasteiger partial charge in [0.1, 0.15) is 6.23 Å². The number of hydrogen-bond acceptors (Lipinski definition) is 3. The summed E-state index contributed by atoms with van der Waals surface area (Å²) in [4.78, 5) is 26.9. The molecular weight excluding hydrogens is 256 g/mol. The zero-order valence-corrected chi connectivity index (χ0v) is 12.3. The SMILES string of the molecule is COC1Cc2c(CC(=O)N(C)C)cccc2N1C(C)=O. The highest BCUT2D eigenvalue weighted by atomic mass is 16.5. The zero-order valence-electron chi connectivity index (χ0n) is 12.3. The number of fused-ring (bicyclic) bond motifs is 1. The Bertz CT molecular complexity index is 540. The molecule has 5 nitrogen and oxygen atoms in total. The Balaban J connectivity index is 2.37. The van der Waals surface area contributed by atoms with Crippen LogP contribution >= 0.6 is 0 Å². The molecule has 0 saturated heterocycles. The van der Waals surface area contributed by atoms with Gasteiger partial charge in [0.2, 0.25) is 11.8 Å². The predicted molar refractivity (Wildman–Crippen MR) is 76.5 cm³/mol. The number of benzene rings is 1. The Hall–Kier alpha value is -1.88. The van der Waals surface area contributed by atoms with E-state index in [1.165, 1.54) is 6.92 Å². The lowest BCUT2D eigenvalue weighted by Crippen LogP contribution is -2.37. The molecule has 1 unspecified atom stereocenters. The molecule has 2 rings (SSSR count). The summed E-state index contributed by atoms with van der Waals surface area (Å²) >= 11 is 0. The molecule has 0 bridgehead atoms. The predicted octanol–water partition coefficient (Wildman–Crippen LogP) is 1.20. The number of anilines is 1. The molecule has 0 radical (unpaired) electrons. The van der Waals surface area contributed by atoms with Crippen LogP contribution in [0, 0.1) is 0 Å². The summed E-state index contributed by atoms with van der Waals surface area (Å²) in [7, 11) is 5.08. The fraction of sp³-hybridized carbons (Fsp3) is 0.467. The first-order chi connectivity index (χ1) is 9.45. The van der Waals surface area contributed by atoms with Crippen LogP contribution < -0.4 is 4.90 Å². The van der Waals surface area contributed by atoms with Crippen LogP contribution in [-0.4, -0.2) is 44.1 Å². The van der Waals surface area contributed by atoms with E-state index in [4.69, 9.17) is 4.74 Å². The molecule has 20 heavy (non-hydrogen) atoms. The largest absolute Gasteiger partial charge is 0.361 e. The molecule has 1 heterocycles. The summed E-state index contributed by atoms with van der Waals surface area (Å²) < 4.78 is 5.38. The van der Waals surface area contributed by atoms with Gasteiger partial charge < -0.3 is 9.64 Å². The van der Waals surface area contributed by atoms with Crippen molar-refractivity contribution in [2.24, 2.45) is 0 Å². The Labute approximate surface area is 119 Å². The van der Waals surface area contributed by atoms with Crippen molar-refractivity contribution >= 4 is 17.5 Å². The van der Waals surface area contributed by atoms with Gasteiger partial charge in [-0.2, -0.15) is 0 Å². The second-order valence-electron chi connectivity index (χ2n) is 5.16. The van der Waals surface area contributed by atoms with Crippen LogP contribution in [0.3, 0.4) is 0 Å². The van der Waals surface area contributed by atoms with Crippen molar-refractivity contribution in [1.82, 2.24) is 4.90 Å². The van der Waals surface area contributed by atoms with Crippen molar-refractivity contribution in [3.63, 3.8) is 0 Å². The summed E-state index contributed by atoms with van der Waals surface area (Å²) in [5.74, 6) is 0.000304. The average molecular weight is 276 g/mol. The highest BCUT2D eigenvalue weighted by Crippen LogP contribution is 2.35. The van der Waals surface area contributed by atoms with Gasteiger partial charge in [0, 0.05) is 40.2 Å². The zero-order chi connectivity index (χ0) is 14.9. The minimum absolute atomic E-state index is 0.0494. The number of likely N-dealkylation sites (N-methyl/N-ethyl adjacent to an activating group) is 1. The van der Waals surface area contributed by atoms with E-state index in [-0.39, 0.29) is 18.0 Å². The molecule has 1 aliphatic heterocycles. The van der Waals surface area contributed by atoms with Crippen LogP contribution in [0.4, 0.5) is 5.69 Å². The summed E-state index contributed by atoms with van der Waals surface area (Å²) in [6.07, 6.45) is 0.693. The second kappa shape index (κ2) is 5.63. The van der Waals surface area contributed by atoms with Crippen LogP contribution in [0.15, 0.2) is 18.2 Å². The third-order valence-electron chi connectivity index (χ3n) is 3.63. The maximum Gasteiger partial charge on any atom is 0.226 e. The van der Waals surface area contributed by atoms with Crippen LogP contribution in [0.1, 0.15) is 18.1 Å². The molecule has 0 spiro atoms. The molecule has 0 fully saturated rings. The Kier molecular flexibility index (Phi) is 4.09. The topological polar surface area (TPSA) is 49.9 Å². The first-order valence-electron chi connectivity index (χ1n) is 6.59. The van der Waals surface area contributed by atoms with Crippen molar-refractivity contribution in [2.75, 3.05) is 26.1 Å². The maximum absolute atomic E-state index is 11.9. The normalized spacial score (nSPS) is 17.0. The van der Waals surface area contributed by atoms with Crippen LogP contribution in [-0.2, 0) is 27.2 Å². The minimum Gasteiger partial charge on any atom is -0.361 e. The van der Waals surface area contributed by atoms with E-state index in [9.17, 15) is 9.59 Å². The standard InChI is InChI=1S/C15H20N2O3/c1-10(18)17-13-7-5-6-11(8-14(19)16(2)3)12(13)9-15(17)20-4/h5-7,15H,8-9H2,1-4H3. The number of methoxy groups -OCH3 is 1. The van der Waals surface area contributed by atoms with E-state index in [0.717, 1.165) is 16.8 Å². The van der Waals surface area contributed by atoms with Gasteiger partial charge in [-0.25, -0.2) is 0 Å². The van der Waals surface area contributed by atoms with Gasteiger partial charge in [0.25, 0.3) is 0 Å². The first kappa shape index (κ1) is 14.5. The van der Waals surface area contributed by atoms with Crippen molar-refractivity contribution in [3.8, 4) is 0 Å². The number of rotatable bonds is 3. The van der Waals surface area contributed by atoms with Crippen LogP contribution in [0.2, 0.25) is 0 Å². The monoisotopic (exact) mass is 276 g/mol. The van der Waals surface area contributed by atoms with Crippen molar-refractivity contribution in [3.05, 3.63) is 29.3 Å². The molecule has 1 atom stereocenters. The first-order valence-corrected chi connectivity index (χ1v) is 6.59. The number of nitrogens with zero attached hydrogens (tertiary/aromatic N) is 2. The maximum atomic E-state index is 11.9. The van der Waals surface area contributed by atoms with Gasteiger partial charge in [0.05, 0.1) is 6.42 Å². The summed E-state index contributed by atoms with van der Waals surface area (Å²) in [5, 5.41) is 0. The Morgan fingerprint density at radius 3 is 2.65 bits per heavy atom. The van der Waals surface area contributed by atoms with E-state index in [1.807, 2.05) is 18.2 Å². The summed E-state index contributed by atoms with van der Waals surface area (Å²) in [5.41, 5.74) is 2.85. The van der Waals surface area contributed by atoms with E-state index in [0.29, 0.717) is 12.8 Å². The van der Waals surface area contributed by atoms with Gasteiger partial charge in [0.15, 0.2) is 0 Å². The number of ether oxygens (including phenoxy) is 1. The van der Waals surface area contributed by atoms with Gasteiger partial charge in [-0.05, 0) is 17.2 Å². The van der Waals surface area contributed by atoms with Gasteiger partial charge in [-0.15, -0.1) is 0 Å². The fourth-order valence-electron chi connectivity index (χ4n) is 2.55. The fourth-order valence-corrected chi connectivity index (χ4v) is 2.55. The second-order valence-corrected chi connectivity index (χ2v) is 5.16. The van der Waals surface area contributed by atoms with Crippen molar-refractivity contribution in [1.29, 1.82) is 0 Å². The third kappa shape index (κ3) is 2.54. The number of hydrogen-bond donors (Lipinski definition) is 0. The van der Waals surface area contributed by atoms with Gasteiger partial charge in [-0.1, -0.05) is 12.1 Å². The smallest absolute Gasteiger partial charge is 0.226 e. The number of amides is 2. The minimum atomic E-state index is -0.280. The van der Waals surface area contributed by atoms with Gasteiger partial charge >= 0.3 is 0 Å². The quantitative estimate of drug-likeness (QED) is 0.833. The molecule has 1 aliphatic rings. The van der Waals surface area contributed by atoms with E-state index in [2.05, 4.69) is 0 Å². The molecule has 108 valence electrons. The van der Waals surface area contributed by atoms with Crippen LogP contribution in [0.25, 0.3) is 0 Å². The molecule has 2 amide bonds. The summed E-state index contributed by atoms with van der Waals surface area (Å²) in [6, 6.07) is 5.72. The number of carbonyl (C=O) groups is 2. The van der Waals surface area contributed by atoms with E-state index >= 15 is 0 Å². The van der Waals surface area contributed by atoms with Crippen molar-refractivity contribution in [2.45, 2.75) is 26.0 Å². The molecule has 1 aromatic carbocycles. The molecule has 0 saturated carbocycles. The Morgan fingerprint density at radius 1 is 1.40 bits per heavy atom. The lowest BCUT2D eigenvalue weighted by molar-refractivity contribution is -0.128. The van der Waals surface area contributed by atoms with E-state index < -0.39 is 0 Å². The lowest BCUT2D eigenvalue weighted by Gasteiger charge is -2.22. The third-order valence-corrected chi connectivity index (χ3v) is 3.63. The molecule has 1 aromatic rings. The Morgan fingerprint density at radius 2 is 2.10 bits per heavy atom. The van der Waals surface area contributed by atoms with Gasteiger partial charge in [-0.3, -0.25) is 14.5 Å². The lowest BCUT2D eigenvalue weighted by atomic mass is 10.0. The molecule has 0 aliphatic carbocycles. The number of carbonyl (C=O) groups excluding carboxylic acids is 2. The highest BCUT2D eigenvalue weighted by molar-refractivity contribution is 5.95. The highest BCUT2D eigenvalue weighted by Gasteiger charge is 2.33. The molecule has 5 heteroatoms. The molecule has 0 N–H and O–H groups in total. The molecule has 0 aromatic heterocycles. The van der Waals surface area contributed by atoms with Crippen molar-refractivity contribution < 1.29 is 14.3 Å². The summed E-state index contributed by atoms with van der Waals surface area (Å²) in [6.45, 7) is 1.53. The molecular formula is C15H20N2O3. The average Bonchev–Trinajstić information content (AvgIpc) is 2.78.